The number of aryl methyl sites for hydroxylation is 1. The zero-order chi connectivity index (χ0) is 14.2. The van der Waals surface area contributed by atoms with Crippen molar-refractivity contribution in [2.45, 2.75) is 27.3 Å². The Morgan fingerprint density at radius 2 is 2.00 bits per heavy atom. The van der Waals surface area contributed by atoms with Crippen molar-refractivity contribution in [1.82, 2.24) is 5.32 Å². The molecule has 1 amide bonds. The monoisotopic (exact) mass is 261 g/mol. The van der Waals surface area contributed by atoms with Gasteiger partial charge in [-0.25, -0.2) is 0 Å². The van der Waals surface area contributed by atoms with Crippen LogP contribution in [0.1, 0.15) is 25.0 Å². The van der Waals surface area contributed by atoms with Crippen molar-refractivity contribution >= 4 is 11.9 Å². The summed E-state index contributed by atoms with van der Waals surface area (Å²) in [5.41, 5.74) is 1.73. The molecule has 1 aromatic carbocycles. The third kappa shape index (κ3) is 2.62. The van der Waals surface area contributed by atoms with Gasteiger partial charge in [-0.15, -0.1) is 0 Å². The van der Waals surface area contributed by atoms with Gasteiger partial charge in [-0.1, -0.05) is 43.7 Å². The zero-order valence-electron chi connectivity index (χ0n) is 11.4. The van der Waals surface area contributed by atoms with Crippen LogP contribution in [0.15, 0.2) is 24.3 Å². The lowest BCUT2D eigenvalue weighted by atomic mass is 10.1. The van der Waals surface area contributed by atoms with Crippen LogP contribution in [0.2, 0.25) is 0 Å². The van der Waals surface area contributed by atoms with Crippen molar-refractivity contribution in [3.8, 4) is 0 Å². The van der Waals surface area contributed by atoms with Crippen molar-refractivity contribution < 1.29 is 14.7 Å². The molecule has 0 aromatic heterocycles. The maximum absolute atomic E-state index is 12.0. The largest absolute Gasteiger partial charge is 0.481 e. The summed E-state index contributed by atoms with van der Waals surface area (Å²) in [6.45, 7) is 6.08. The summed E-state index contributed by atoms with van der Waals surface area (Å²) >= 11 is 0. The molecule has 2 atom stereocenters. The molecule has 4 nitrogen and oxygen atoms in total. The maximum Gasteiger partial charge on any atom is 0.307 e. The fourth-order valence-corrected chi connectivity index (χ4v) is 2.71. The summed E-state index contributed by atoms with van der Waals surface area (Å²) in [4.78, 5) is 23.1. The highest BCUT2D eigenvalue weighted by Gasteiger charge is 2.65. The maximum atomic E-state index is 12.0. The second-order valence-corrected chi connectivity index (χ2v) is 5.82. The number of carbonyl (C=O) groups excluding carboxylic acids is 1. The van der Waals surface area contributed by atoms with E-state index < -0.39 is 23.2 Å². The molecule has 0 heterocycles. The zero-order valence-corrected chi connectivity index (χ0v) is 11.4. The molecule has 1 aromatic rings. The molecule has 1 fully saturated rings. The third-order valence-electron chi connectivity index (χ3n) is 3.93. The molecule has 0 spiro atoms. The van der Waals surface area contributed by atoms with E-state index in [1.165, 1.54) is 0 Å². The van der Waals surface area contributed by atoms with E-state index in [1.54, 1.807) is 0 Å². The normalized spacial score (nSPS) is 23.7. The quantitative estimate of drug-likeness (QED) is 0.870. The number of carboxylic acid groups (broad SMARTS) is 1. The standard InChI is InChI=1S/C15H19NO3/c1-9-5-4-6-10(7-9)8-16-13(17)11-12(14(18)19)15(11,2)3/h4-7,11-12H,8H2,1-3H3,(H,16,17)(H,18,19)/t11-,12+/m1/s1. The third-order valence-corrected chi connectivity index (χ3v) is 3.93. The number of benzene rings is 1. The molecule has 2 rings (SSSR count). The number of nitrogens with one attached hydrogen (secondary N) is 1. The predicted octanol–water partition coefficient (Wildman–Crippen LogP) is 1.97. The molecule has 4 heteroatoms. The smallest absolute Gasteiger partial charge is 0.307 e. The SMILES string of the molecule is Cc1cccc(CNC(=O)[C@H]2[C@@H](C(=O)O)C2(C)C)c1. The molecule has 1 aliphatic rings. The van der Waals surface area contributed by atoms with E-state index in [4.69, 9.17) is 5.11 Å². The highest BCUT2D eigenvalue weighted by atomic mass is 16.4. The van der Waals surface area contributed by atoms with Gasteiger partial charge in [-0.05, 0) is 17.9 Å². The first-order chi connectivity index (χ1) is 8.84. The van der Waals surface area contributed by atoms with E-state index in [0.29, 0.717) is 6.54 Å². The van der Waals surface area contributed by atoms with Gasteiger partial charge in [0, 0.05) is 6.54 Å². The first-order valence-corrected chi connectivity index (χ1v) is 6.40. The van der Waals surface area contributed by atoms with Crippen LogP contribution in [0.4, 0.5) is 0 Å². The average Bonchev–Trinajstić information content (AvgIpc) is 2.90. The van der Waals surface area contributed by atoms with E-state index in [2.05, 4.69) is 5.32 Å². The summed E-state index contributed by atoms with van der Waals surface area (Å²) in [7, 11) is 0. The van der Waals surface area contributed by atoms with Crippen molar-refractivity contribution in [2.75, 3.05) is 0 Å². The van der Waals surface area contributed by atoms with Crippen LogP contribution in [0.25, 0.3) is 0 Å². The topological polar surface area (TPSA) is 66.4 Å². The number of amides is 1. The lowest BCUT2D eigenvalue weighted by Gasteiger charge is -2.06. The number of carboxylic acids is 1. The summed E-state index contributed by atoms with van der Waals surface area (Å²) in [6, 6.07) is 7.89. The van der Waals surface area contributed by atoms with Crippen molar-refractivity contribution in [3.05, 3.63) is 35.4 Å². The molecule has 0 radical (unpaired) electrons. The molecule has 2 N–H and O–H groups in total. The van der Waals surface area contributed by atoms with Crippen molar-refractivity contribution in [2.24, 2.45) is 17.3 Å². The Labute approximate surface area is 112 Å². The van der Waals surface area contributed by atoms with E-state index in [0.717, 1.165) is 11.1 Å². The number of hydrogen-bond donors (Lipinski definition) is 2. The van der Waals surface area contributed by atoms with Crippen molar-refractivity contribution in [1.29, 1.82) is 0 Å². The molecule has 0 unspecified atom stereocenters. The molecule has 1 aliphatic carbocycles. The summed E-state index contributed by atoms with van der Waals surface area (Å²) in [6.07, 6.45) is 0. The summed E-state index contributed by atoms with van der Waals surface area (Å²) in [5.74, 6) is -2.04. The van der Waals surface area contributed by atoms with E-state index in [-0.39, 0.29) is 5.91 Å². The number of aliphatic carboxylic acids is 1. The molecule has 19 heavy (non-hydrogen) atoms. The van der Waals surface area contributed by atoms with E-state index in [9.17, 15) is 9.59 Å². The minimum Gasteiger partial charge on any atom is -0.481 e. The second-order valence-electron chi connectivity index (χ2n) is 5.82. The van der Waals surface area contributed by atoms with Crippen LogP contribution >= 0.6 is 0 Å². The highest BCUT2D eigenvalue weighted by molar-refractivity contribution is 5.91. The lowest BCUT2D eigenvalue weighted by Crippen LogP contribution is -2.26. The van der Waals surface area contributed by atoms with Gasteiger partial charge in [0.2, 0.25) is 5.91 Å². The number of rotatable bonds is 4. The highest BCUT2D eigenvalue weighted by Crippen LogP contribution is 2.58. The molecular weight excluding hydrogens is 242 g/mol. The Balaban J connectivity index is 1.95. The molecule has 0 aliphatic heterocycles. The van der Waals surface area contributed by atoms with E-state index >= 15 is 0 Å². The minimum absolute atomic E-state index is 0.168. The van der Waals surface area contributed by atoms with Gasteiger partial charge in [0.25, 0.3) is 0 Å². The van der Waals surface area contributed by atoms with Crippen molar-refractivity contribution in [3.63, 3.8) is 0 Å². The molecular formula is C15H19NO3. The van der Waals surface area contributed by atoms with Crippen LogP contribution in [0, 0.1) is 24.2 Å². The number of carbonyl (C=O) groups is 2. The molecule has 1 saturated carbocycles. The lowest BCUT2D eigenvalue weighted by molar-refractivity contribution is -0.140. The van der Waals surface area contributed by atoms with Gasteiger partial charge in [-0.2, -0.15) is 0 Å². The van der Waals surface area contributed by atoms with Gasteiger partial charge >= 0.3 is 5.97 Å². The second kappa shape index (κ2) is 4.68. The van der Waals surface area contributed by atoms with Crippen LogP contribution < -0.4 is 5.32 Å². The minimum atomic E-state index is -0.888. The van der Waals surface area contributed by atoms with Gasteiger partial charge < -0.3 is 10.4 Å². The Bertz CT molecular complexity index is 522. The van der Waals surface area contributed by atoms with Gasteiger partial charge in [-0.3, -0.25) is 9.59 Å². The summed E-state index contributed by atoms with van der Waals surface area (Å²) in [5, 5.41) is 11.9. The van der Waals surface area contributed by atoms with E-state index in [1.807, 2.05) is 45.0 Å². The molecule has 0 saturated heterocycles. The predicted molar refractivity (Wildman–Crippen MR) is 71.4 cm³/mol. The van der Waals surface area contributed by atoms with Gasteiger partial charge in [0.15, 0.2) is 0 Å². The Morgan fingerprint density at radius 1 is 1.32 bits per heavy atom. The summed E-state index contributed by atoms with van der Waals surface area (Å²) < 4.78 is 0. The fraction of sp³-hybridized carbons (Fsp3) is 0.467. The van der Waals surface area contributed by atoms with Crippen LogP contribution in [0.3, 0.4) is 0 Å². The van der Waals surface area contributed by atoms with Crippen LogP contribution in [0.5, 0.6) is 0 Å². The first kappa shape index (κ1) is 13.6. The Hall–Kier alpha value is -1.84. The Morgan fingerprint density at radius 3 is 2.53 bits per heavy atom. The van der Waals surface area contributed by atoms with Crippen LogP contribution in [-0.4, -0.2) is 17.0 Å². The molecule has 0 bridgehead atoms. The van der Waals surface area contributed by atoms with Crippen LogP contribution in [-0.2, 0) is 16.1 Å². The van der Waals surface area contributed by atoms with Gasteiger partial charge in [0.05, 0.1) is 11.8 Å². The average molecular weight is 261 g/mol. The Kier molecular flexibility index (Phi) is 3.35. The fourth-order valence-electron chi connectivity index (χ4n) is 2.71. The molecule has 102 valence electrons. The van der Waals surface area contributed by atoms with Gasteiger partial charge in [0.1, 0.15) is 0 Å². The number of hydrogen-bond acceptors (Lipinski definition) is 2. The first-order valence-electron chi connectivity index (χ1n) is 6.40.